The lowest BCUT2D eigenvalue weighted by atomic mass is 10.2. The van der Waals surface area contributed by atoms with Crippen molar-refractivity contribution in [1.29, 1.82) is 0 Å². The van der Waals surface area contributed by atoms with Gasteiger partial charge in [-0.15, -0.1) is 0 Å². The van der Waals surface area contributed by atoms with Crippen molar-refractivity contribution in [2.45, 2.75) is 19.8 Å². The largest absolute Gasteiger partial charge is 0.459 e. The van der Waals surface area contributed by atoms with Crippen LogP contribution < -0.4 is 5.32 Å². The number of carbonyl (C=O) groups excluding carboxylic acids is 2. The topological polar surface area (TPSA) is 65.8 Å². The van der Waals surface area contributed by atoms with Gasteiger partial charge in [0.15, 0.2) is 5.76 Å². The summed E-state index contributed by atoms with van der Waals surface area (Å²) in [7, 11) is 0. The first-order valence-electron chi connectivity index (χ1n) is 7.52. The second-order valence-corrected chi connectivity index (χ2v) is 5.25. The molecule has 2 rings (SSSR count). The molecule has 0 unspecified atom stereocenters. The van der Waals surface area contributed by atoms with Gasteiger partial charge in [0.05, 0.1) is 12.8 Å². The van der Waals surface area contributed by atoms with E-state index in [1.54, 1.807) is 17.0 Å². The van der Waals surface area contributed by atoms with E-state index in [9.17, 15) is 9.59 Å². The van der Waals surface area contributed by atoms with Gasteiger partial charge in [0.25, 0.3) is 5.91 Å². The van der Waals surface area contributed by atoms with E-state index in [2.05, 4.69) is 17.1 Å². The van der Waals surface area contributed by atoms with Gasteiger partial charge in [0, 0.05) is 32.7 Å². The fourth-order valence-electron chi connectivity index (χ4n) is 2.33. The molecule has 1 saturated heterocycles. The fraction of sp³-hybridized carbons (Fsp3) is 0.600. The average molecular weight is 293 g/mol. The highest BCUT2D eigenvalue weighted by Gasteiger charge is 2.24. The molecule has 0 aromatic carbocycles. The van der Waals surface area contributed by atoms with E-state index in [0.29, 0.717) is 38.5 Å². The van der Waals surface area contributed by atoms with E-state index in [1.165, 1.54) is 6.26 Å². The first-order chi connectivity index (χ1) is 10.2. The summed E-state index contributed by atoms with van der Waals surface area (Å²) in [4.78, 5) is 27.7. The number of amides is 2. The van der Waals surface area contributed by atoms with E-state index >= 15 is 0 Å². The van der Waals surface area contributed by atoms with Gasteiger partial charge in [-0.3, -0.25) is 14.5 Å². The Morgan fingerprint density at radius 3 is 2.67 bits per heavy atom. The van der Waals surface area contributed by atoms with Crippen molar-refractivity contribution in [3.63, 3.8) is 0 Å². The van der Waals surface area contributed by atoms with Crippen LogP contribution in [-0.4, -0.2) is 60.9 Å². The normalized spacial score (nSPS) is 16.0. The lowest BCUT2D eigenvalue weighted by Crippen LogP contribution is -2.51. The van der Waals surface area contributed by atoms with Crippen molar-refractivity contribution >= 4 is 11.8 Å². The minimum Gasteiger partial charge on any atom is -0.459 e. The van der Waals surface area contributed by atoms with Crippen LogP contribution in [0.15, 0.2) is 22.8 Å². The maximum atomic E-state index is 12.1. The first kappa shape index (κ1) is 15.6. The van der Waals surface area contributed by atoms with E-state index in [0.717, 1.165) is 19.4 Å². The number of hydrogen-bond acceptors (Lipinski definition) is 4. The van der Waals surface area contributed by atoms with Gasteiger partial charge in [0.2, 0.25) is 5.91 Å². The molecule has 0 spiro atoms. The summed E-state index contributed by atoms with van der Waals surface area (Å²) in [6.45, 7) is 5.94. The molecule has 1 aromatic heterocycles. The quantitative estimate of drug-likeness (QED) is 0.793. The van der Waals surface area contributed by atoms with E-state index in [1.807, 2.05) is 0 Å². The van der Waals surface area contributed by atoms with E-state index in [-0.39, 0.29) is 11.8 Å². The van der Waals surface area contributed by atoms with Crippen LogP contribution in [0, 0.1) is 0 Å². The standard InChI is InChI=1S/C15H23N3O3/c1-2-3-6-16-14(19)12-17-7-9-18(10-8-17)15(20)13-5-4-11-21-13/h4-5,11H,2-3,6-10,12H2,1H3,(H,16,19). The van der Waals surface area contributed by atoms with Crippen LogP contribution in [0.3, 0.4) is 0 Å². The highest BCUT2D eigenvalue weighted by molar-refractivity contribution is 5.91. The SMILES string of the molecule is CCCCNC(=O)CN1CCN(C(=O)c2ccco2)CC1. The monoisotopic (exact) mass is 293 g/mol. The van der Waals surface area contributed by atoms with Gasteiger partial charge in [-0.1, -0.05) is 13.3 Å². The van der Waals surface area contributed by atoms with Crippen LogP contribution in [0.1, 0.15) is 30.3 Å². The Morgan fingerprint density at radius 1 is 1.29 bits per heavy atom. The lowest BCUT2D eigenvalue weighted by molar-refractivity contribution is -0.122. The Balaban J connectivity index is 1.71. The average Bonchev–Trinajstić information content (AvgIpc) is 3.02. The third kappa shape index (κ3) is 4.60. The van der Waals surface area contributed by atoms with Crippen molar-refractivity contribution in [3.8, 4) is 0 Å². The van der Waals surface area contributed by atoms with Gasteiger partial charge in [-0.25, -0.2) is 0 Å². The number of nitrogens with one attached hydrogen (secondary N) is 1. The molecule has 0 saturated carbocycles. The minimum atomic E-state index is -0.0768. The Labute approximate surface area is 125 Å². The molecule has 0 bridgehead atoms. The van der Waals surface area contributed by atoms with Gasteiger partial charge in [0.1, 0.15) is 0 Å². The number of unbranched alkanes of at least 4 members (excludes halogenated alkanes) is 1. The molecular formula is C15H23N3O3. The van der Waals surface area contributed by atoms with Gasteiger partial charge in [-0.05, 0) is 18.6 Å². The van der Waals surface area contributed by atoms with Crippen LogP contribution in [0.4, 0.5) is 0 Å². The van der Waals surface area contributed by atoms with E-state index in [4.69, 9.17) is 4.42 Å². The number of piperazine rings is 1. The predicted octanol–water partition coefficient (Wildman–Crippen LogP) is 0.954. The van der Waals surface area contributed by atoms with Crippen molar-refractivity contribution in [2.24, 2.45) is 0 Å². The summed E-state index contributed by atoms with van der Waals surface area (Å²) >= 11 is 0. The lowest BCUT2D eigenvalue weighted by Gasteiger charge is -2.33. The number of nitrogens with zero attached hydrogens (tertiary/aromatic N) is 2. The molecule has 1 fully saturated rings. The van der Waals surface area contributed by atoms with Crippen LogP contribution in [-0.2, 0) is 4.79 Å². The Hall–Kier alpha value is -1.82. The molecule has 6 heteroatoms. The third-order valence-corrected chi connectivity index (χ3v) is 3.61. The Kier molecular flexibility index (Phi) is 5.80. The second-order valence-electron chi connectivity index (χ2n) is 5.25. The van der Waals surface area contributed by atoms with Crippen LogP contribution in [0.25, 0.3) is 0 Å². The zero-order valence-electron chi connectivity index (χ0n) is 12.5. The zero-order chi connectivity index (χ0) is 15.1. The molecule has 6 nitrogen and oxygen atoms in total. The summed E-state index contributed by atoms with van der Waals surface area (Å²) < 4.78 is 5.13. The van der Waals surface area contributed by atoms with Crippen LogP contribution in [0.2, 0.25) is 0 Å². The molecule has 0 aliphatic carbocycles. The van der Waals surface area contributed by atoms with Crippen molar-refractivity contribution in [1.82, 2.24) is 15.1 Å². The third-order valence-electron chi connectivity index (χ3n) is 3.61. The number of carbonyl (C=O) groups is 2. The minimum absolute atomic E-state index is 0.0641. The Bertz CT molecular complexity index is 451. The molecule has 1 aliphatic rings. The van der Waals surface area contributed by atoms with E-state index < -0.39 is 0 Å². The van der Waals surface area contributed by atoms with Gasteiger partial charge >= 0.3 is 0 Å². The highest BCUT2D eigenvalue weighted by Crippen LogP contribution is 2.09. The van der Waals surface area contributed by atoms with Crippen LogP contribution >= 0.6 is 0 Å². The summed E-state index contributed by atoms with van der Waals surface area (Å²) in [5.74, 6) is 0.363. The zero-order valence-corrected chi connectivity index (χ0v) is 12.5. The van der Waals surface area contributed by atoms with Gasteiger partial charge in [-0.2, -0.15) is 0 Å². The maximum Gasteiger partial charge on any atom is 0.289 e. The molecule has 2 amide bonds. The van der Waals surface area contributed by atoms with Crippen molar-refractivity contribution in [3.05, 3.63) is 24.2 Å². The number of rotatable bonds is 6. The molecule has 0 atom stereocenters. The first-order valence-corrected chi connectivity index (χ1v) is 7.52. The summed E-state index contributed by atoms with van der Waals surface area (Å²) in [6, 6.07) is 3.39. The molecular weight excluding hydrogens is 270 g/mol. The second kappa shape index (κ2) is 7.83. The predicted molar refractivity (Wildman–Crippen MR) is 79.0 cm³/mol. The summed E-state index contributed by atoms with van der Waals surface area (Å²) in [6.07, 6.45) is 3.59. The summed E-state index contributed by atoms with van der Waals surface area (Å²) in [5.41, 5.74) is 0. The van der Waals surface area contributed by atoms with Crippen molar-refractivity contribution in [2.75, 3.05) is 39.3 Å². The summed E-state index contributed by atoms with van der Waals surface area (Å²) in [5, 5.41) is 2.91. The highest BCUT2D eigenvalue weighted by atomic mass is 16.3. The maximum absolute atomic E-state index is 12.1. The smallest absolute Gasteiger partial charge is 0.289 e. The fourth-order valence-corrected chi connectivity index (χ4v) is 2.33. The molecule has 1 aliphatic heterocycles. The molecule has 2 heterocycles. The Morgan fingerprint density at radius 2 is 2.05 bits per heavy atom. The van der Waals surface area contributed by atoms with Crippen LogP contribution in [0.5, 0.6) is 0 Å². The number of hydrogen-bond donors (Lipinski definition) is 1. The molecule has 21 heavy (non-hydrogen) atoms. The molecule has 116 valence electrons. The molecule has 1 aromatic rings. The molecule has 1 N–H and O–H groups in total. The number of furan rings is 1. The van der Waals surface area contributed by atoms with Crippen molar-refractivity contribution < 1.29 is 14.0 Å². The van der Waals surface area contributed by atoms with Gasteiger partial charge < -0.3 is 14.6 Å². The molecule has 0 radical (unpaired) electrons.